The van der Waals surface area contributed by atoms with E-state index in [1.807, 2.05) is 0 Å². The van der Waals surface area contributed by atoms with E-state index in [1.54, 1.807) is 12.1 Å². The van der Waals surface area contributed by atoms with Gasteiger partial charge in [0.05, 0.1) is 19.0 Å². The van der Waals surface area contributed by atoms with Crippen LogP contribution in [0, 0.1) is 0 Å². The molecular formula is C16H22BrN3O4S. The quantitative estimate of drug-likeness (QED) is 0.532. The van der Waals surface area contributed by atoms with Gasteiger partial charge in [-0.1, -0.05) is 35.2 Å². The van der Waals surface area contributed by atoms with Gasteiger partial charge in [0, 0.05) is 16.1 Å². The Labute approximate surface area is 156 Å². The van der Waals surface area contributed by atoms with Crippen molar-refractivity contribution in [1.82, 2.24) is 9.73 Å². The molecule has 0 bridgehead atoms. The molecule has 1 aliphatic rings. The van der Waals surface area contributed by atoms with E-state index in [-0.39, 0.29) is 18.3 Å². The van der Waals surface area contributed by atoms with Gasteiger partial charge in [-0.3, -0.25) is 4.79 Å². The predicted octanol–water partition coefficient (Wildman–Crippen LogP) is 2.20. The summed E-state index contributed by atoms with van der Waals surface area (Å²) in [6, 6.07) is 4.70. The fraction of sp³-hybridized carbons (Fsp3) is 0.500. The van der Waals surface area contributed by atoms with Crippen molar-refractivity contribution < 1.29 is 18.3 Å². The molecule has 0 radical (unpaired) electrons. The van der Waals surface area contributed by atoms with Crippen LogP contribution in [-0.4, -0.2) is 48.8 Å². The maximum atomic E-state index is 12.1. The monoisotopic (exact) mass is 431 g/mol. The SMILES string of the molecule is CS(=O)(=O)N(CC(=O)N/N=C/c1cc(Br)ccc1O)C1CCCCC1. The number of halogens is 1. The molecule has 25 heavy (non-hydrogen) atoms. The molecular weight excluding hydrogens is 410 g/mol. The highest BCUT2D eigenvalue weighted by Gasteiger charge is 2.29. The van der Waals surface area contributed by atoms with E-state index in [0.29, 0.717) is 5.56 Å². The normalized spacial score (nSPS) is 16.4. The molecule has 7 nitrogen and oxygen atoms in total. The van der Waals surface area contributed by atoms with Crippen molar-refractivity contribution in [3.05, 3.63) is 28.2 Å². The van der Waals surface area contributed by atoms with Crippen LogP contribution in [0.5, 0.6) is 5.75 Å². The molecule has 1 fully saturated rings. The average Bonchev–Trinajstić information content (AvgIpc) is 2.55. The van der Waals surface area contributed by atoms with Crippen molar-refractivity contribution in [1.29, 1.82) is 0 Å². The zero-order chi connectivity index (χ0) is 18.4. The van der Waals surface area contributed by atoms with Crippen molar-refractivity contribution in [2.24, 2.45) is 5.10 Å². The van der Waals surface area contributed by atoms with Gasteiger partial charge >= 0.3 is 0 Å². The van der Waals surface area contributed by atoms with Gasteiger partial charge in [-0.05, 0) is 31.0 Å². The summed E-state index contributed by atoms with van der Waals surface area (Å²) in [5.41, 5.74) is 2.75. The van der Waals surface area contributed by atoms with Crippen LogP contribution in [0.3, 0.4) is 0 Å². The average molecular weight is 432 g/mol. The Hall–Kier alpha value is -1.45. The molecule has 9 heteroatoms. The maximum absolute atomic E-state index is 12.1. The molecule has 0 heterocycles. The Morgan fingerprint density at radius 2 is 2.08 bits per heavy atom. The first-order valence-corrected chi connectivity index (χ1v) is 10.7. The molecule has 1 aliphatic carbocycles. The number of phenolic OH excluding ortho intramolecular Hbond substituents is 1. The van der Waals surface area contributed by atoms with E-state index in [2.05, 4.69) is 26.5 Å². The minimum atomic E-state index is -3.47. The molecule has 0 saturated heterocycles. The molecule has 1 saturated carbocycles. The smallest absolute Gasteiger partial charge is 0.255 e. The lowest BCUT2D eigenvalue weighted by Gasteiger charge is -2.31. The van der Waals surface area contributed by atoms with Crippen LogP contribution in [0.1, 0.15) is 37.7 Å². The van der Waals surface area contributed by atoms with Gasteiger partial charge in [-0.2, -0.15) is 9.41 Å². The fourth-order valence-electron chi connectivity index (χ4n) is 2.87. The Balaban J connectivity index is 1.99. The summed E-state index contributed by atoms with van der Waals surface area (Å²) in [5.74, 6) is -0.483. The first-order valence-electron chi connectivity index (χ1n) is 8.04. The molecule has 1 aromatic rings. The Bertz CT molecular complexity index is 746. The third-order valence-corrected chi connectivity index (χ3v) is 5.86. The molecule has 2 N–H and O–H groups in total. The molecule has 0 aromatic heterocycles. The zero-order valence-corrected chi connectivity index (χ0v) is 16.4. The lowest BCUT2D eigenvalue weighted by Crippen LogP contribution is -2.45. The lowest BCUT2D eigenvalue weighted by molar-refractivity contribution is -0.121. The highest BCUT2D eigenvalue weighted by atomic mass is 79.9. The highest BCUT2D eigenvalue weighted by molar-refractivity contribution is 9.10. The van der Waals surface area contributed by atoms with E-state index < -0.39 is 15.9 Å². The van der Waals surface area contributed by atoms with E-state index in [1.165, 1.54) is 16.6 Å². The van der Waals surface area contributed by atoms with Gasteiger partial charge in [-0.25, -0.2) is 13.8 Å². The second-order valence-electron chi connectivity index (χ2n) is 6.10. The van der Waals surface area contributed by atoms with Crippen molar-refractivity contribution in [2.75, 3.05) is 12.8 Å². The summed E-state index contributed by atoms with van der Waals surface area (Å²) in [5, 5.41) is 13.5. The molecule has 1 aromatic carbocycles. The number of carbonyl (C=O) groups is 1. The summed E-state index contributed by atoms with van der Waals surface area (Å²) < 4.78 is 26.0. The van der Waals surface area contributed by atoms with Crippen LogP contribution in [0.4, 0.5) is 0 Å². The summed E-state index contributed by atoms with van der Waals surface area (Å²) in [7, 11) is -3.47. The molecule has 0 atom stereocenters. The molecule has 0 unspecified atom stereocenters. The van der Waals surface area contributed by atoms with Gasteiger partial charge < -0.3 is 5.11 Å². The zero-order valence-electron chi connectivity index (χ0n) is 14.0. The molecule has 1 amide bonds. The van der Waals surface area contributed by atoms with Crippen molar-refractivity contribution in [3.63, 3.8) is 0 Å². The Morgan fingerprint density at radius 3 is 2.72 bits per heavy atom. The second-order valence-corrected chi connectivity index (χ2v) is 8.95. The Morgan fingerprint density at radius 1 is 1.40 bits per heavy atom. The largest absolute Gasteiger partial charge is 0.507 e. The number of hydrogen-bond donors (Lipinski definition) is 2. The summed E-state index contributed by atoms with van der Waals surface area (Å²) in [6.07, 6.45) is 7.02. The van der Waals surface area contributed by atoms with Gasteiger partial charge in [0.15, 0.2) is 0 Å². The van der Waals surface area contributed by atoms with E-state index >= 15 is 0 Å². The number of rotatable bonds is 6. The molecule has 2 rings (SSSR count). The number of phenols is 1. The maximum Gasteiger partial charge on any atom is 0.255 e. The number of nitrogens with zero attached hydrogens (tertiary/aromatic N) is 2. The van der Waals surface area contributed by atoms with Crippen molar-refractivity contribution >= 4 is 38.1 Å². The standard InChI is InChI=1S/C16H22BrN3O4S/c1-25(23,24)20(14-5-3-2-4-6-14)11-16(22)19-18-10-12-9-13(17)7-8-15(12)21/h7-10,14,21H,2-6,11H2,1H3,(H,19,22)/b18-10+. The van der Waals surface area contributed by atoms with Crippen LogP contribution in [0.2, 0.25) is 0 Å². The number of hydrogen-bond acceptors (Lipinski definition) is 5. The van der Waals surface area contributed by atoms with Gasteiger partial charge in [0.1, 0.15) is 5.75 Å². The van der Waals surface area contributed by atoms with Crippen LogP contribution in [0.25, 0.3) is 0 Å². The molecule has 0 aliphatic heterocycles. The van der Waals surface area contributed by atoms with Gasteiger partial charge in [0.25, 0.3) is 5.91 Å². The first kappa shape index (κ1) is 19.9. The number of amides is 1. The van der Waals surface area contributed by atoms with Crippen molar-refractivity contribution in [3.8, 4) is 5.75 Å². The highest BCUT2D eigenvalue weighted by Crippen LogP contribution is 2.24. The molecule has 138 valence electrons. The van der Waals surface area contributed by atoms with E-state index in [9.17, 15) is 18.3 Å². The van der Waals surface area contributed by atoms with Crippen LogP contribution in [0.15, 0.2) is 27.8 Å². The number of carbonyl (C=O) groups excluding carboxylic acids is 1. The summed E-state index contributed by atoms with van der Waals surface area (Å²) >= 11 is 3.28. The minimum absolute atomic E-state index is 0.0289. The minimum Gasteiger partial charge on any atom is -0.507 e. The van der Waals surface area contributed by atoms with Crippen molar-refractivity contribution in [2.45, 2.75) is 38.1 Å². The fourth-order valence-corrected chi connectivity index (χ4v) is 4.35. The van der Waals surface area contributed by atoms with Crippen LogP contribution >= 0.6 is 15.9 Å². The lowest BCUT2D eigenvalue weighted by atomic mass is 9.95. The summed E-state index contributed by atoms with van der Waals surface area (Å²) in [6.45, 7) is -0.259. The van der Waals surface area contributed by atoms with E-state index in [0.717, 1.165) is 42.8 Å². The summed E-state index contributed by atoms with van der Waals surface area (Å²) in [4.78, 5) is 12.1. The Kier molecular flexibility index (Phi) is 6.97. The van der Waals surface area contributed by atoms with Crippen LogP contribution < -0.4 is 5.43 Å². The molecule has 0 spiro atoms. The van der Waals surface area contributed by atoms with Gasteiger partial charge in [0.2, 0.25) is 10.0 Å². The predicted molar refractivity (Wildman–Crippen MR) is 100.0 cm³/mol. The number of nitrogens with one attached hydrogen (secondary N) is 1. The van der Waals surface area contributed by atoms with E-state index in [4.69, 9.17) is 0 Å². The number of benzene rings is 1. The van der Waals surface area contributed by atoms with Gasteiger partial charge in [-0.15, -0.1) is 0 Å². The van der Waals surface area contributed by atoms with Crippen LogP contribution in [-0.2, 0) is 14.8 Å². The third kappa shape index (κ3) is 6.09. The number of hydrazone groups is 1. The first-order chi connectivity index (χ1) is 11.8. The second kappa shape index (κ2) is 8.77. The topological polar surface area (TPSA) is 99.1 Å². The number of aromatic hydroxyl groups is 1. The third-order valence-electron chi connectivity index (χ3n) is 4.09. The number of sulfonamides is 1.